The van der Waals surface area contributed by atoms with Crippen LogP contribution in [0.4, 0.5) is 0 Å². The Labute approximate surface area is 174 Å². The number of carbonyl (C=O) groups is 2. The van der Waals surface area contributed by atoms with Gasteiger partial charge in [-0.25, -0.2) is 13.2 Å². The molecule has 0 radical (unpaired) electrons. The lowest BCUT2D eigenvalue weighted by Gasteiger charge is -2.19. The van der Waals surface area contributed by atoms with Crippen molar-refractivity contribution in [3.63, 3.8) is 0 Å². The lowest BCUT2D eigenvalue weighted by atomic mass is 10.1. The third kappa shape index (κ3) is 5.11. The van der Waals surface area contributed by atoms with Crippen molar-refractivity contribution >= 4 is 45.0 Å². The van der Waals surface area contributed by atoms with Crippen molar-refractivity contribution in [1.29, 1.82) is 0 Å². The molecule has 28 heavy (non-hydrogen) atoms. The average molecular weight is 444 g/mol. The maximum absolute atomic E-state index is 12.6. The smallest absolute Gasteiger partial charge is 0.340 e. The highest BCUT2D eigenvalue weighted by Crippen LogP contribution is 2.24. The number of benzene rings is 2. The number of Topliss-reactive ketones (excluding diaryl/α,β-unsaturated/α-hetero) is 1. The van der Waals surface area contributed by atoms with E-state index in [2.05, 4.69) is 0 Å². The Morgan fingerprint density at radius 2 is 1.61 bits per heavy atom. The van der Waals surface area contributed by atoms with Gasteiger partial charge in [0, 0.05) is 23.7 Å². The van der Waals surface area contributed by atoms with E-state index in [0.29, 0.717) is 10.6 Å². The Hall–Kier alpha value is -1.93. The van der Waals surface area contributed by atoms with Gasteiger partial charge in [0.25, 0.3) is 0 Å². The number of hydrogen-bond donors (Lipinski definition) is 0. The Morgan fingerprint density at radius 1 is 1.00 bits per heavy atom. The van der Waals surface area contributed by atoms with Crippen molar-refractivity contribution in [2.24, 2.45) is 0 Å². The second kappa shape index (κ2) is 9.52. The first kappa shape index (κ1) is 22.4. The first-order valence-corrected chi connectivity index (χ1v) is 10.7. The summed E-state index contributed by atoms with van der Waals surface area (Å²) in [5.41, 5.74) is 0.208. The molecule has 0 spiro atoms. The minimum Gasteiger partial charge on any atom is -0.454 e. The van der Waals surface area contributed by atoms with Gasteiger partial charge in [-0.1, -0.05) is 37.0 Å². The molecular weight excluding hydrogens is 425 g/mol. The summed E-state index contributed by atoms with van der Waals surface area (Å²) in [4.78, 5) is 24.4. The molecule has 0 fully saturated rings. The molecule has 0 unspecified atom stereocenters. The molecule has 0 heterocycles. The van der Waals surface area contributed by atoms with Gasteiger partial charge in [0.1, 0.15) is 0 Å². The molecule has 6 nitrogen and oxygen atoms in total. The normalized spacial score (nSPS) is 11.5. The minimum atomic E-state index is -3.76. The van der Waals surface area contributed by atoms with E-state index in [-0.39, 0.29) is 28.6 Å². The van der Waals surface area contributed by atoms with Gasteiger partial charge in [0.05, 0.1) is 15.5 Å². The lowest BCUT2D eigenvalue weighted by Crippen LogP contribution is -2.30. The van der Waals surface area contributed by atoms with E-state index >= 15 is 0 Å². The predicted molar refractivity (Wildman–Crippen MR) is 108 cm³/mol. The number of ether oxygens (including phenoxy) is 1. The van der Waals surface area contributed by atoms with Crippen molar-refractivity contribution < 1.29 is 22.7 Å². The van der Waals surface area contributed by atoms with E-state index in [1.165, 1.54) is 28.6 Å². The number of hydrogen-bond acceptors (Lipinski definition) is 5. The Bertz CT molecular complexity index is 970. The minimum absolute atomic E-state index is 0.0300. The van der Waals surface area contributed by atoms with E-state index in [1.54, 1.807) is 26.0 Å². The number of esters is 1. The summed E-state index contributed by atoms with van der Waals surface area (Å²) in [6, 6.07) is 9.93. The third-order valence-electron chi connectivity index (χ3n) is 4.00. The fourth-order valence-electron chi connectivity index (χ4n) is 2.46. The van der Waals surface area contributed by atoms with Gasteiger partial charge >= 0.3 is 5.97 Å². The molecule has 2 rings (SSSR count). The van der Waals surface area contributed by atoms with E-state index in [1.807, 2.05) is 0 Å². The van der Waals surface area contributed by atoms with Gasteiger partial charge in [-0.2, -0.15) is 4.31 Å². The van der Waals surface area contributed by atoms with E-state index < -0.39 is 28.4 Å². The zero-order chi connectivity index (χ0) is 20.9. The highest BCUT2D eigenvalue weighted by atomic mass is 35.5. The lowest BCUT2D eigenvalue weighted by molar-refractivity contribution is 0.0474. The molecule has 2 aromatic carbocycles. The molecule has 0 aliphatic rings. The number of carbonyl (C=O) groups excluding carboxylic acids is 2. The molecule has 0 saturated carbocycles. The van der Waals surface area contributed by atoms with Crippen LogP contribution < -0.4 is 0 Å². The van der Waals surface area contributed by atoms with Crippen molar-refractivity contribution in [1.82, 2.24) is 4.31 Å². The molecular formula is C19H19Cl2NO5S. The van der Waals surface area contributed by atoms with Crippen LogP contribution in [0.1, 0.15) is 34.6 Å². The molecule has 0 amide bonds. The SMILES string of the molecule is CCN(CC)S(=O)(=O)c1ccc(Cl)c(C(=O)OCC(=O)c2ccc(Cl)cc2)c1. The number of nitrogens with zero attached hydrogens (tertiary/aromatic N) is 1. The summed E-state index contributed by atoms with van der Waals surface area (Å²) in [6.45, 7) is 3.50. The third-order valence-corrected chi connectivity index (χ3v) is 6.63. The van der Waals surface area contributed by atoms with Crippen LogP contribution in [-0.4, -0.2) is 44.2 Å². The van der Waals surface area contributed by atoms with Gasteiger partial charge in [-0.05, 0) is 42.5 Å². The summed E-state index contributed by atoms with van der Waals surface area (Å²) in [7, 11) is -3.76. The van der Waals surface area contributed by atoms with Gasteiger partial charge in [0.15, 0.2) is 12.4 Å². The molecule has 0 N–H and O–H groups in total. The topological polar surface area (TPSA) is 80.8 Å². The Balaban J connectivity index is 2.19. The monoisotopic (exact) mass is 443 g/mol. The van der Waals surface area contributed by atoms with Crippen LogP contribution in [0, 0.1) is 0 Å². The quantitative estimate of drug-likeness (QED) is 0.453. The van der Waals surface area contributed by atoms with Crippen molar-refractivity contribution in [3.05, 3.63) is 63.6 Å². The van der Waals surface area contributed by atoms with Crippen molar-refractivity contribution in [3.8, 4) is 0 Å². The molecule has 0 aliphatic heterocycles. The van der Waals surface area contributed by atoms with Gasteiger partial charge < -0.3 is 4.74 Å². The van der Waals surface area contributed by atoms with Crippen LogP contribution >= 0.6 is 23.2 Å². The predicted octanol–water partition coefficient (Wildman–Crippen LogP) is 4.06. The number of halogens is 2. The Kier molecular flexibility index (Phi) is 7.60. The second-order valence-corrected chi connectivity index (χ2v) is 8.52. The molecule has 2 aromatic rings. The number of sulfonamides is 1. The second-order valence-electron chi connectivity index (χ2n) is 5.74. The standard InChI is InChI=1S/C19H19Cl2NO5S/c1-3-22(4-2)28(25,26)15-9-10-17(21)16(11-15)19(24)27-12-18(23)13-5-7-14(20)8-6-13/h5-11H,3-4,12H2,1-2H3. The maximum Gasteiger partial charge on any atom is 0.340 e. The molecule has 0 bridgehead atoms. The van der Waals surface area contributed by atoms with E-state index in [0.717, 1.165) is 6.07 Å². The van der Waals surface area contributed by atoms with E-state index in [9.17, 15) is 18.0 Å². The average Bonchev–Trinajstić information content (AvgIpc) is 2.67. The summed E-state index contributed by atoms with van der Waals surface area (Å²) in [5, 5.41) is 0.508. The van der Waals surface area contributed by atoms with Crippen molar-refractivity contribution in [2.75, 3.05) is 19.7 Å². The summed E-state index contributed by atoms with van der Waals surface area (Å²) >= 11 is 11.8. The maximum atomic E-state index is 12.6. The first-order chi connectivity index (χ1) is 13.2. The zero-order valence-electron chi connectivity index (χ0n) is 15.3. The fraction of sp³-hybridized carbons (Fsp3) is 0.263. The van der Waals surface area contributed by atoms with Crippen LogP contribution in [0.5, 0.6) is 0 Å². The van der Waals surface area contributed by atoms with Gasteiger partial charge in [-0.15, -0.1) is 0 Å². The van der Waals surface area contributed by atoms with Crippen LogP contribution in [0.15, 0.2) is 47.4 Å². The van der Waals surface area contributed by atoms with E-state index in [4.69, 9.17) is 27.9 Å². The molecule has 9 heteroatoms. The molecule has 0 aliphatic carbocycles. The molecule has 0 saturated heterocycles. The first-order valence-electron chi connectivity index (χ1n) is 8.46. The molecule has 150 valence electrons. The molecule has 0 atom stereocenters. The number of ketones is 1. The van der Waals surface area contributed by atoms with Crippen LogP contribution in [-0.2, 0) is 14.8 Å². The number of rotatable bonds is 8. The summed E-state index contributed by atoms with van der Waals surface area (Å²) < 4.78 is 31.5. The van der Waals surface area contributed by atoms with Crippen molar-refractivity contribution in [2.45, 2.75) is 18.7 Å². The zero-order valence-corrected chi connectivity index (χ0v) is 17.6. The van der Waals surface area contributed by atoms with Crippen LogP contribution in [0.3, 0.4) is 0 Å². The van der Waals surface area contributed by atoms with Crippen LogP contribution in [0.2, 0.25) is 10.0 Å². The Morgan fingerprint density at radius 3 is 2.18 bits per heavy atom. The summed E-state index contributed by atoms with van der Waals surface area (Å²) in [6.07, 6.45) is 0. The summed E-state index contributed by atoms with van der Waals surface area (Å²) in [5.74, 6) is -1.31. The molecule has 0 aromatic heterocycles. The van der Waals surface area contributed by atoms with Gasteiger partial charge in [0.2, 0.25) is 10.0 Å². The fourth-order valence-corrected chi connectivity index (χ4v) is 4.27. The largest absolute Gasteiger partial charge is 0.454 e. The van der Waals surface area contributed by atoms with Crippen LogP contribution in [0.25, 0.3) is 0 Å². The highest BCUT2D eigenvalue weighted by Gasteiger charge is 2.24. The van der Waals surface area contributed by atoms with Gasteiger partial charge in [-0.3, -0.25) is 4.79 Å². The highest BCUT2D eigenvalue weighted by molar-refractivity contribution is 7.89.